The van der Waals surface area contributed by atoms with Crippen molar-refractivity contribution in [1.29, 1.82) is 5.26 Å². The van der Waals surface area contributed by atoms with Gasteiger partial charge in [-0.2, -0.15) is 5.26 Å². The molecule has 2 unspecified atom stereocenters. The third-order valence-electron chi connectivity index (χ3n) is 5.86. The second-order valence-electron chi connectivity index (χ2n) is 7.07. The molecule has 0 radical (unpaired) electrons. The molecule has 1 heterocycles. The fourth-order valence-corrected chi connectivity index (χ4v) is 4.42. The van der Waals surface area contributed by atoms with Crippen molar-refractivity contribution in [2.45, 2.75) is 51.4 Å². The van der Waals surface area contributed by atoms with E-state index in [9.17, 15) is 9.65 Å². The molecule has 0 aromatic heterocycles. The lowest BCUT2D eigenvalue weighted by Gasteiger charge is -2.38. The van der Waals surface area contributed by atoms with Crippen molar-refractivity contribution in [3.63, 3.8) is 0 Å². The highest BCUT2D eigenvalue weighted by atomic mass is 19.1. The third kappa shape index (κ3) is 3.58. The minimum Gasteiger partial charge on any atom is -0.381 e. The summed E-state index contributed by atoms with van der Waals surface area (Å²) in [6, 6.07) is 8.05. The molecule has 1 aromatic rings. The van der Waals surface area contributed by atoms with E-state index in [1.54, 1.807) is 6.07 Å². The highest BCUT2D eigenvalue weighted by Gasteiger charge is 2.36. The molecule has 2 aliphatic rings. The zero-order valence-electron chi connectivity index (χ0n) is 13.9. The van der Waals surface area contributed by atoms with Gasteiger partial charge in [0.15, 0.2) is 0 Å². The summed E-state index contributed by atoms with van der Waals surface area (Å²) in [4.78, 5) is 0. The third-order valence-corrected chi connectivity index (χ3v) is 5.86. The van der Waals surface area contributed by atoms with Crippen molar-refractivity contribution in [2.24, 2.45) is 17.8 Å². The molecular formula is C20H26FNO. The lowest BCUT2D eigenvalue weighted by atomic mass is 9.67. The van der Waals surface area contributed by atoms with Gasteiger partial charge in [-0.1, -0.05) is 19.1 Å². The lowest BCUT2D eigenvalue weighted by molar-refractivity contribution is 0.0341. The number of nitriles is 1. The summed E-state index contributed by atoms with van der Waals surface area (Å²) in [5.74, 6) is 1.17. The van der Waals surface area contributed by atoms with Crippen LogP contribution in [0.5, 0.6) is 0 Å². The number of hydrogen-bond donors (Lipinski definition) is 0. The predicted molar refractivity (Wildman–Crippen MR) is 88.5 cm³/mol. The SMILES string of the molecule is CCc1ccc([C@@H]2CCC(C3CCOCC3)CC2C#N)c(F)c1. The number of halogens is 1. The first-order valence-electron chi connectivity index (χ1n) is 8.98. The maximum Gasteiger partial charge on any atom is 0.126 e. The Morgan fingerprint density at radius 3 is 2.61 bits per heavy atom. The largest absolute Gasteiger partial charge is 0.381 e. The topological polar surface area (TPSA) is 33.0 Å². The van der Waals surface area contributed by atoms with Gasteiger partial charge in [-0.25, -0.2) is 4.39 Å². The molecule has 3 atom stereocenters. The monoisotopic (exact) mass is 315 g/mol. The van der Waals surface area contributed by atoms with E-state index in [4.69, 9.17) is 4.74 Å². The highest BCUT2D eigenvalue weighted by molar-refractivity contribution is 5.29. The van der Waals surface area contributed by atoms with E-state index >= 15 is 0 Å². The first kappa shape index (κ1) is 16.5. The molecule has 1 saturated heterocycles. The van der Waals surface area contributed by atoms with Gasteiger partial charge in [-0.3, -0.25) is 0 Å². The number of nitrogens with zero attached hydrogens (tertiary/aromatic N) is 1. The summed E-state index contributed by atoms with van der Waals surface area (Å²) in [5, 5.41) is 9.63. The molecule has 0 amide bonds. The predicted octanol–water partition coefficient (Wildman–Crippen LogP) is 4.84. The fraction of sp³-hybridized carbons (Fsp3) is 0.650. The van der Waals surface area contributed by atoms with Crippen LogP contribution in [0.1, 0.15) is 56.1 Å². The summed E-state index contributed by atoms with van der Waals surface area (Å²) in [6.45, 7) is 3.75. The van der Waals surface area contributed by atoms with Crippen LogP contribution in [0, 0.1) is 34.9 Å². The first-order valence-corrected chi connectivity index (χ1v) is 8.98. The van der Waals surface area contributed by atoms with Crippen LogP contribution in [0.25, 0.3) is 0 Å². The molecule has 2 fully saturated rings. The molecule has 124 valence electrons. The van der Waals surface area contributed by atoms with Gasteiger partial charge in [0.1, 0.15) is 5.82 Å². The lowest BCUT2D eigenvalue weighted by Crippen LogP contribution is -2.30. The normalized spacial score (nSPS) is 29.2. The van der Waals surface area contributed by atoms with Crippen LogP contribution in [0.3, 0.4) is 0 Å². The van der Waals surface area contributed by atoms with Gasteiger partial charge in [0.2, 0.25) is 0 Å². The Hall–Kier alpha value is -1.40. The fourth-order valence-electron chi connectivity index (χ4n) is 4.42. The van der Waals surface area contributed by atoms with Crippen molar-refractivity contribution in [3.8, 4) is 6.07 Å². The van der Waals surface area contributed by atoms with Crippen LogP contribution in [-0.2, 0) is 11.2 Å². The van der Waals surface area contributed by atoms with Crippen LogP contribution < -0.4 is 0 Å². The molecule has 0 N–H and O–H groups in total. The number of rotatable bonds is 3. The van der Waals surface area contributed by atoms with Gasteiger partial charge in [-0.15, -0.1) is 0 Å². The Kier molecular flexibility index (Phi) is 5.33. The summed E-state index contributed by atoms with van der Waals surface area (Å²) in [7, 11) is 0. The van der Waals surface area contributed by atoms with Gasteiger partial charge in [0.25, 0.3) is 0 Å². The second kappa shape index (κ2) is 7.45. The molecule has 1 aromatic carbocycles. The van der Waals surface area contributed by atoms with Crippen molar-refractivity contribution in [3.05, 3.63) is 35.1 Å². The van der Waals surface area contributed by atoms with Crippen molar-refractivity contribution >= 4 is 0 Å². The van der Waals surface area contributed by atoms with E-state index in [1.807, 2.05) is 19.1 Å². The minimum absolute atomic E-state index is 0.0569. The molecule has 1 aliphatic heterocycles. The zero-order chi connectivity index (χ0) is 16.2. The van der Waals surface area contributed by atoms with E-state index < -0.39 is 0 Å². The average Bonchev–Trinajstić information content (AvgIpc) is 2.62. The Balaban J connectivity index is 1.73. The van der Waals surface area contributed by atoms with E-state index in [0.29, 0.717) is 11.8 Å². The van der Waals surface area contributed by atoms with E-state index in [-0.39, 0.29) is 17.7 Å². The summed E-state index contributed by atoms with van der Waals surface area (Å²) < 4.78 is 19.9. The van der Waals surface area contributed by atoms with Gasteiger partial charge in [0.05, 0.1) is 12.0 Å². The molecule has 3 rings (SSSR count). The van der Waals surface area contributed by atoms with Crippen LogP contribution >= 0.6 is 0 Å². The molecule has 3 heteroatoms. The number of hydrogen-bond acceptors (Lipinski definition) is 2. The van der Waals surface area contributed by atoms with Gasteiger partial charge in [-0.05, 0) is 67.6 Å². The summed E-state index contributed by atoms with van der Waals surface area (Å²) in [5.41, 5.74) is 1.77. The Morgan fingerprint density at radius 2 is 1.96 bits per heavy atom. The van der Waals surface area contributed by atoms with E-state index in [2.05, 4.69) is 6.07 Å². The van der Waals surface area contributed by atoms with Gasteiger partial charge in [0, 0.05) is 19.1 Å². The maximum atomic E-state index is 14.5. The smallest absolute Gasteiger partial charge is 0.126 e. The van der Waals surface area contributed by atoms with Crippen LogP contribution in [-0.4, -0.2) is 13.2 Å². The summed E-state index contributed by atoms with van der Waals surface area (Å²) in [6.07, 6.45) is 6.04. The molecule has 0 bridgehead atoms. The second-order valence-corrected chi connectivity index (χ2v) is 7.07. The molecule has 0 spiro atoms. The number of ether oxygens (including phenoxy) is 1. The first-order chi connectivity index (χ1) is 11.2. The Morgan fingerprint density at radius 1 is 1.17 bits per heavy atom. The molecule has 2 nitrogen and oxygen atoms in total. The number of benzene rings is 1. The standard InChI is InChI=1S/C20H26FNO/c1-2-14-3-5-19(20(21)11-14)18-6-4-16(12-17(18)13-22)15-7-9-23-10-8-15/h3,5,11,15-18H,2,4,6-10,12H2,1H3/t16?,17?,18-/m1/s1. The number of aryl methyl sites for hydroxylation is 1. The molecular weight excluding hydrogens is 289 g/mol. The summed E-state index contributed by atoms with van der Waals surface area (Å²) >= 11 is 0. The van der Waals surface area contributed by atoms with Crippen molar-refractivity contribution in [2.75, 3.05) is 13.2 Å². The molecule has 1 aliphatic carbocycles. The van der Waals surface area contributed by atoms with Crippen LogP contribution in [0.4, 0.5) is 4.39 Å². The molecule has 1 saturated carbocycles. The van der Waals surface area contributed by atoms with E-state index in [0.717, 1.165) is 62.9 Å². The Bertz CT molecular complexity index is 573. The van der Waals surface area contributed by atoms with Crippen LogP contribution in [0.15, 0.2) is 18.2 Å². The zero-order valence-corrected chi connectivity index (χ0v) is 13.9. The highest BCUT2D eigenvalue weighted by Crippen LogP contribution is 2.45. The van der Waals surface area contributed by atoms with Gasteiger partial charge < -0.3 is 4.74 Å². The average molecular weight is 315 g/mol. The van der Waals surface area contributed by atoms with Gasteiger partial charge >= 0.3 is 0 Å². The quantitative estimate of drug-likeness (QED) is 0.799. The van der Waals surface area contributed by atoms with Crippen LogP contribution in [0.2, 0.25) is 0 Å². The van der Waals surface area contributed by atoms with E-state index in [1.165, 1.54) is 0 Å². The van der Waals surface area contributed by atoms with Crippen molar-refractivity contribution < 1.29 is 9.13 Å². The maximum absolute atomic E-state index is 14.5. The minimum atomic E-state index is -0.126. The van der Waals surface area contributed by atoms with Crippen molar-refractivity contribution in [1.82, 2.24) is 0 Å². The molecule has 23 heavy (non-hydrogen) atoms. The Labute approximate surface area is 138 Å².